The fraction of sp³-hybridized carbons (Fsp3) is 0.231. The molecule has 1 saturated heterocycles. The Morgan fingerprint density at radius 1 is 1.06 bits per heavy atom. The van der Waals surface area contributed by atoms with Crippen LogP contribution in [0.3, 0.4) is 0 Å². The molecule has 2 aliphatic heterocycles. The summed E-state index contributed by atoms with van der Waals surface area (Å²) in [6, 6.07) is 16.5. The molecule has 2 aromatic carbocycles. The summed E-state index contributed by atoms with van der Waals surface area (Å²) in [6.45, 7) is 1.80. The highest BCUT2D eigenvalue weighted by molar-refractivity contribution is 6.31. The summed E-state index contributed by atoms with van der Waals surface area (Å²) in [5.74, 6) is 0.845. The minimum atomic E-state index is -0.933. The van der Waals surface area contributed by atoms with Gasteiger partial charge in [0.2, 0.25) is 5.82 Å². The number of benzene rings is 2. The molecule has 0 aliphatic carbocycles. The first-order valence-electron chi connectivity index (χ1n) is 11.5. The summed E-state index contributed by atoms with van der Waals surface area (Å²) >= 11 is 6.08. The second-order valence-corrected chi connectivity index (χ2v) is 9.59. The van der Waals surface area contributed by atoms with Crippen LogP contribution in [-0.4, -0.2) is 50.4 Å². The molecule has 4 heterocycles. The van der Waals surface area contributed by atoms with E-state index in [1.54, 1.807) is 24.3 Å². The van der Waals surface area contributed by atoms with Gasteiger partial charge in [0.05, 0.1) is 35.4 Å². The molecule has 0 radical (unpaired) electrons. The number of aromatic nitrogens is 3. The minimum Gasteiger partial charge on any atom is -0.478 e. The molecule has 9 heteroatoms. The lowest BCUT2D eigenvalue weighted by atomic mass is 9.85. The van der Waals surface area contributed by atoms with Crippen LogP contribution in [0.2, 0.25) is 5.02 Å². The quantitative estimate of drug-likeness (QED) is 0.404. The number of H-pyrrole nitrogens is 1. The number of aromatic carboxylic acids is 1. The van der Waals surface area contributed by atoms with Crippen molar-refractivity contribution in [1.82, 2.24) is 15.0 Å². The molecule has 1 fully saturated rings. The van der Waals surface area contributed by atoms with Crippen molar-refractivity contribution < 1.29 is 19.6 Å². The number of carboxylic acid groups (broad SMARTS) is 1. The van der Waals surface area contributed by atoms with Gasteiger partial charge in [-0.15, -0.1) is 0 Å². The third-order valence-corrected chi connectivity index (χ3v) is 7.15. The summed E-state index contributed by atoms with van der Waals surface area (Å²) in [6.07, 6.45) is 4.34. The molecule has 0 atom stereocenters. The number of carbonyl (C=O) groups is 1. The monoisotopic (exact) mass is 488 g/mol. The highest BCUT2D eigenvalue weighted by Gasteiger charge is 2.44. The molecule has 0 unspecified atom stereocenters. The maximum atomic E-state index is 11.1. The third kappa shape index (κ3) is 4.15. The highest BCUT2D eigenvalue weighted by Crippen LogP contribution is 2.34. The minimum absolute atomic E-state index is 0.267. The van der Waals surface area contributed by atoms with Crippen LogP contribution in [0.15, 0.2) is 65.9 Å². The van der Waals surface area contributed by atoms with Crippen LogP contribution in [0.25, 0.3) is 22.4 Å². The van der Waals surface area contributed by atoms with E-state index in [0.29, 0.717) is 5.02 Å². The zero-order valence-electron chi connectivity index (χ0n) is 18.8. The first-order chi connectivity index (χ1) is 17.0. The lowest BCUT2D eigenvalue weighted by molar-refractivity contribution is -0.844. The Balaban J connectivity index is 1.10. The van der Waals surface area contributed by atoms with Gasteiger partial charge in [-0.25, -0.2) is 14.8 Å². The Labute approximate surface area is 206 Å². The molecule has 2 aliphatic rings. The SMILES string of the molecule is O=C(O)c1ccc(C2=NOC3(CC[NH+](c4ccc(-c5nc6ccc(Cl)cc6[nH]5)cn4)CC3)C2)cc1. The normalized spacial score (nSPS) is 21.7. The van der Waals surface area contributed by atoms with E-state index in [0.717, 1.165) is 71.9 Å². The van der Waals surface area contributed by atoms with E-state index in [9.17, 15) is 4.79 Å². The average Bonchev–Trinajstić information content (AvgIpc) is 3.49. The van der Waals surface area contributed by atoms with Gasteiger partial charge in [-0.1, -0.05) is 28.9 Å². The smallest absolute Gasteiger partial charge is 0.335 e. The summed E-state index contributed by atoms with van der Waals surface area (Å²) in [7, 11) is 0. The zero-order chi connectivity index (χ0) is 24.0. The lowest BCUT2D eigenvalue weighted by Gasteiger charge is -2.34. The molecule has 35 heavy (non-hydrogen) atoms. The van der Waals surface area contributed by atoms with Crippen LogP contribution < -0.4 is 4.90 Å². The second kappa shape index (κ2) is 8.48. The van der Waals surface area contributed by atoms with E-state index in [1.807, 2.05) is 30.5 Å². The van der Waals surface area contributed by atoms with Crippen molar-refractivity contribution in [3.05, 3.63) is 76.9 Å². The molecule has 0 bridgehead atoms. The van der Waals surface area contributed by atoms with E-state index < -0.39 is 5.97 Å². The van der Waals surface area contributed by atoms with Gasteiger partial charge in [0.1, 0.15) is 5.82 Å². The largest absolute Gasteiger partial charge is 0.478 e. The highest BCUT2D eigenvalue weighted by atomic mass is 35.5. The summed E-state index contributed by atoms with van der Waals surface area (Å²) in [5, 5.41) is 14.1. The molecule has 1 spiro atoms. The summed E-state index contributed by atoms with van der Waals surface area (Å²) in [4.78, 5) is 31.0. The van der Waals surface area contributed by atoms with Crippen molar-refractivity contribution in [2.24, 2.45) is 5.16 Å². The van der Waals surface area contributed by atoms with Crippen molar-refractivity contribution in [3.63, 3.8) is 0 Å². The van der Waals surface area contributed by atoms with Crippen LogP contribution >= 0.6 is 11.6 Å². The van der Waals surface area contributed by atoms with Gasteiger partial charge in [0.15, 0.2) is 5.60 Å². The van der Waals surface area contributed by atoms with Gasteiger partial charge < -0.3 is 14.9 Å². The van der Waals surface area contributed by atoms with E-state index in [1.165, 1.54) is 4.90 Å². The number of nitrogens with one attached hydrogen (secondary N) is 2. The number of hydrogen-bond donors (Lipinski definition) is 3. The predicted octanol–water partition coefficient (Wildman–Crippen LogP) is 3.85. The molecule has 176 valence electrons. The Morgan fingerprint density at radius 3 is 2.54 bits per heavy atom. The molecule has 0 saturated carbocycles. The zero-order valence-corrected chi connectivity index (χ0v) is 19.5. The van der Waals surface area contributed by atoms with Gasteiger partial charge in [0, 0.05) is 42.1 Å². The van der Waals surface area contributed by atoms with Crippen molar-refractivity contribution in [1.29, 1.82) is 0 Å². The fourth-order valence-corrected chi connectivity index (χ4v) is 5.05. The number of quaternary nitrogens is 1. The standard InChI is InChI=1S/C26H22ClN5O3/c27-19-6-7-20-21(13-19)30-24(29-20)18-5-8-23(28-15-18)32-11-9-26(10-12-32)14-22(31-35-26)16-1-3-17(4-2-16)25(33)34/h1-8,13,15H,9-12,14H2,(H,29,30)(H,33,34)/p+1. The number of pyridine rings is 1. The number of hydrogen-bond acceptors (Lipinski definition) is 5. The Bertz CT molecular complexity index is 1440. The molecule has 0 amide bonds. The Kier molecular flexibility index (Phi) is 5.27. The van der Waals surface area contributed by atoms with Gasteiger partial charge in [-0.05, 0) is 42.0 Å². The number of carboxylic acids is 1. The van der Waals surface area contributed by atoms with E-state index in [4.69, 9.17) is 26.5 Å². The molecule has 8 nitrogen and oxygen atoms in total. The fourth-order valence-electron chi connectivity index (χ4n) is 4.87. The Hall–Kier alpha value is -3.75. The molecule has 4 aromatic rings. The van der Waals surface area contributed by atoms with Crippen molar-refractivity contribution >= 4 is 40.1 Å². The summed E-state index contributed by atoms with van der Waals surface area (Å²) < 4.78 is 0. The van der Waals surface area contributed by atoms with Crippen molar-refractivity contribution in [3.8, 4) is 11.4 Å². The van der Waals surface area contributed by atoms with Crippen molar-refractivity contribution in [2.45, 2.75) is 24.9 Å². The predicted molar refractivity (Wildman–Crippen MR) is 132 cm³/mol. The molecule has 6 rings (SSSR count). The van der Waals surface area contributed by atoms with E-state index >= 15 is 0 Å². The maximum Gasteiger partial charge on any atom is 0.335 e. The second-order valence-electron chi connectivity index (χ2n) is 9.15. The van der Waals surface area contributed by atoms with E-state index in [-0.39, 0.29) is 11.2 Å². The number of halogens is 1. The Morgan fingerprint density at radius 2 is 1.83 bits per heavy atom. The van der Waals surface area contributed by atoms with Crippen LogP contribution in [-0.2, 0) is 4.84 Å². The number of aromatic amines is 1. The number of imidazole rings is 1. The third-order valence-electron chi connectivity index (χ3n) is 6.91. The van der Waals surface area contributed by atoms with Crippen LogP contribution in [0.1, 0.15) is 35.2 Å². The summed E-state index contributed by atoms with van der Waals surface area (Å²) in [5.41, 5.74) is 4.46. The topological polar surface area (TPSA) is 105 Å². The number of rotatable bonds is 4. The van der Waals surface area contributed by atoms with Crippen LogP contribution in [0.4, 0.5) is 5.82 Å². The molecular weight excluding hydrogens is 466 g/mol. The van der Waals surface area contributed by atoms with Crippen LogP contribution in [0, 0.1) is 0 Å². The lowest BCUT2D eigenvalue weighted by Crippen LogP contribution is -3.09. The number of oxime groups is 1. The van der Waals surface area contributed by atoms with Gasteiger partial charge in [0.25, 0.3) is 0 Å². The van der Waals surface area contributed by atoms with Crippen LogP contribution in [0.5, 0.6) is 0 Å². The maximum absolute atomic E-state index is 11.1. The molecule has 2 aromatic heterocycles. The molecule has 3 N–H and O–H groups in total. The average molecular weight is 489 g/mol. The van der Waals surface area contributed by atoms with Gasteiger partial charge in [-0.2, -0.15) is 0 Å². The first kappa shape index (κ1) is 21.8. The van der Waals surface area contributed by atoms with E-state index in [2.05, 4.69) is 21.2 Å². The van der Waals surface area contributed by atoms with Gasteiger partial charge >= 0.3 is 5.97 Å². The van der Waals surface area contributed by atoms with Gasteiger partial charge in [-0.3, -0.25) is 4.90 Å². The first-order valence-corrected chi connectivity index (χ1v) is 11.9. The number of nitrogens with zero attached hydrogens (tertiary/aromatic N) is 3. The number of fused-ring (bicyclic) bond motifs is 1. The van der Waals surface area contributed by atoms with Crippen molar-refractivity contribution in [2.75, 3.05) is 13.1 Å². The molecular formula is C26H23ClN5O3+. The number of piperidine rings is 1.